The van der Waals surface area contributed by atoms with Gasteiger partial charge >= 0.3 is 0 Å². The average Bonchev–Trinajstić information content (AvgIpc) is 3.49. The van der Waals surface area contributed by atoms with Crippen molar-refractivity contribution in [3.8, 4) is 22.7 Å². The van der Waals surface area contributed by atoms with Crippen LogP contribution in [0.15, 0.2) is 78.4 Å². The molecule has 0 radical (unpaired) electrons. The number of benzene rings is 2. The molecular formula is C23H21N7O2. The smallest absolute Gasteiger partial charge is 0.161 e. The van der Waals surface area contributed by atoms with E-state index < -0.39 is 6.23 Å². The van der Waals surface area contributed by atoms with Gasteiger partial charge < -0.3 is 14.4 Å². The van der Waals surface area contributed by atoms with Crippen LogP contribution in [-0.2, 0) is 0 Å². The van der Waals surface area contributed by atoms with Crippen LogP contribution in [0.3, 0.4) is 0 Å². The van der Waals surface area contributed by atoms with Gasteiger partial charge in [-0.25, -0.2) is 9.67 Å². The summed E-state index contributed by atoms with van der Waals surface area (Å²) in [4.78, 5) is 4.28. The molecule has 0 aliphatic carbocycles. The van der Waals surface area contributed by atoms with Gasteiger partial charge in [-0.05, 0) is 25.1 Å². The molecule has 1 aliphatic rings. The predicted molar refractivity (Wildman–Crippen MR) is 120 cm³/mol. The fourth-order valence-corrected chi connectivity index (χ4v) is 3.56. The fourth-order valence-electron chi connectivity index (χ4n) is 3.56. The Morgan fingerprint density at radius 2 is 1.91 bits per heavy atom. The molecule has 0 saturated heterocycles. The highest BCUT2D eigenvalue weighted by molar-refractivity contribution is 6.27. The molecule has 2 aromatic carbocycles. The standard InChI is InChI=1S/C23H21N7O2/c1-15-12-29(14-24-15)19-9-8-17(10-21(19)32-2)18-13-30(28-25-18)20-11-22(31)26-27-23(20)16-6-4-3-5-7-16/h3-14,22,26,31H,1-2H3. The Morgan fingerprint density at radius 3 is 2.66 bits per heavy atom. The summed E-state index contributed by atoms with van der Waals surface area (Å²) in [5.41, 5.74) is 8.21. The van der Waals surface area contributed by atoms with Gasteiger partial charge in [-0.15, -0.1) is 5.10 Å². The van der Waals surface area contributed by atoms with E-state index in [0.29, 0.717) is 22.9 Å². The second-order valence-electron chi connectivity index (χ2n) is 7.31. The van der Waals surface area contributed by atoms with Crippen LogP contribution < -0.4 is 10.2 Å². The molecule has 0 amide bonds. The van der Waals surface area contributed by atoms with Crippen molar-refractivity contribution >= 4 is 11.4 Å². The molecule has 9 nitrogen and oxygen atoms in total. The average molecular weight is 427 g/mol. The molecule has 0 spiro atoms. The molecule has 3 heterocycles. The van der Waals surface area contributed by atoms with Gasteiger partial charge in [0.1, 0.15) is 17.2 Å². The number of hydrogen-bond acceptors (Lipinski definition) is 7. The predicted octanol–water partition coefficient (Wildman–Crippen LogP) is 2.61. The molecule has 0 saturated carbocycles. The van der Waals surface area contributed by atoms with E-state index in [4.69, 9.17) is 4.74 Å². The topological polar surface area (TPSA) is 102 Å². The summed E-state index contributed by atoms with van der Waals surface area (Å²) < 4.78 is 9.14. The first kappa shape index (κ1) is 19.7. The lowest BCUT2D eigenvalue weighted by atomic mass is 10.1. The Bertz CT molecular complexity index is 1320. The van der Waals surface area contributed by atoms with E-state index in [1.54, 1.807) is 30.4 Å². The van der Waals surface area contributed by atoms with E-state index in [-0.39, 0.29) is 0 Å². The Balaban J connectivity index is 1.50. The highest BCUT2D eigenvalue weighted by Crippen LogP contribution is 2.29. The van der Waals surface area contributed by atoms with Crippen molar-refractivity contribution in [1.82, 2.24) is 30.0 Å². The maximum Gasteiger partial charge on any atom is 0.161 e. The first-order valence-corrected chi connectivity index (χ1v) is 10.0. The van der Waals surface area contributed by atoms with Gasteiger partial charge in [0.25, 0.3) is 0 Å². The zero-order valence-corrected chi connectivity index (χ0v) is 17.5. The van der Waals surface area contributed by atoms with Crippen molar-refractivity contribution in [2.45, 2.75) is 13.2 Å². The molecule has 1 aliphatic heterocycles. The second kappa shape index (κ2) is 8.12. The summed E-state index contributed by atoms with van der Waals surface area (Å²) in [6, 6.07) is 15.5. The second-order valence-corrected chi connectivity index (χ2v) is 7.31. The summed E-state index contributed by atoms with van der Waals surface area (Å²) in [6.07, 6.45) is 6.23. The van der Waals surface area contributed by atoms with E-state index in [0.717, 1.165) is 22.5 Å². The first-order chi connectivity index (χ1) is 15.6. The molecular weight excluding hydrogens is 406 g/mol. The van der Waals surface area contributed by atoms with Crippen molar-refractivity contribution in [2.24, 2.45) is 5.10 Å². The molecule has 1 atom stereocenters. The Morgan fingerprint density at radius 1 is 1.06 bits per heavy atom. The van der Waals surface area contributed by atoms with Crippen LogP contribution in [0.5, 0.6) is 5.75 Å². The molecule has 9 heteroatoms. The zero-order chi connectivity index (χ0) is 22.1. The minimum atomic E-state index is -0.914. The van der Waals surface area contributed by atoms with Crippen LogP contribution in [0.1, 0.15) is 11.3 Å². The lowest BCUT2D eigenvalue weighted by molar-refractivity contribution is 0.186. The molecule has 32 heavy (non-hydrogen) atoms. The highest BCUT2D eigenvalue weighted by atomic mass is 16.5. The van der Waals surface area contributed by atoms with Crippen LogP contribution in [0.2, 0.25) is 0 Å². The normalized spacial score (nSPS) is 15.7. The van der Waals surface area contributed by atoms with E-state index in [9.17, 15) is 5.11 Å². The molecule has 1 unspecified atom stereocenters. The third kappa shape index (κ3) is 3.65. The number of allylic oxidation sites excluding steroid dienone is 1. The summed E-state index contributed by atoms with van der Waals surface area (Å²) in [7, 11) is 1.63. The Kier molecular flexibility index (Phi) is 5.00. The quantitative estimate of drug-likeness (QED) is 0.508. The number of imidazole rings is 1. The monoisotopic (exact) mass is 427 g/mol. The van der Waals surface area contributed by atoms with E-state index in [1.165, 1.54) is 0 Å². The van der Waals surface area contributed by atoms with Gasteiger partial charge in [0.05, 0.1) is 36.7 Å². The van der Waals surface area contributed by atoms with Gasteiger partial charge in [-0.2, -0.15) is 5.10 Å². The number of rotatable bonds is 5. The van der Waals surface area contributed by atoms with Gasteiger partial charge in [0, 0.05) is 17.3 Å². The van der Waals surface area contributed by atoms with Crippen molar-refractivity contribution in [2.75, 3.05) is 7.11 Å². The van der Waals surface area contributed by atoms with Gasteiger partial charge in [-0.1, -0.05) is 41.6 Å². The number of aliphatic hydroxyl groups is 1. The molecule has 0 fully saturated rings. The molecule has 0 bridgehead atoms. The number of nitrogens with one attached hydrogen (secondary N) is 1. The molecule has 160 valence electrons. The number of aliphatic hydroxyl groups excluding tert-OH is 1. The third-order valence-electron chi connectivity index (χ3n) is 5.12. The van der Waals surface area contributed by atoms with Crippen LogP contribution >= 0.6 is 0 Å². The van der Waals surface area contributed by atoms with Crippen molar-refractivity contribution in [1.29, 1.82) is 0 Å². The van der Waals surface area contributed by atoms with Gasteiger partial charge in [0.2, 0.25) is 0 Å². The van der Waals surface area contributed by atoms with Crippen molar-refractivity contribution < 1.29 is 9.84 Å². The zero-order valence-electron chi connectivity index (χ0n) is 17.5. The Labute approximate surface area is 184 Å². The van der Waals surface area contributed by atoms with E-state index >= 15 is 0 Å². The minimum Gasteiger partial charge on any atom is -0.495 e. The highest BCUT2D eigenvalue weighted by Gasteiger charge is 2.20. The largest absolute Gasteiger partial charge is 0.495 e. The van der Waals surface area contributed by atoms with Crippen LogP contribution in [0.25, 0.3) is 22.6 Å². The Hall–Kier alpha value is -4.24. The van der Waals surface area contributed by atoms with Crippen LogP contribution in [-0.4, -0.2) is 48.7 Å². The van der Waals surface area contributed by atoms with Crippen molar-refractivity contribution in [3.05, 3.63) is 84.6 Å². The molecule has 2 aromatic heterocycles. The van der Waals surface area contributed by atoms with Gasteiger partial charge in [0.15, 0.2) is 6.23 Å². The number of aromatic nitrogens is 5. The summed E-state index contributed by atoms with van der Waals surface area (Å²) >= 11 is 0. The number of methoxy groups -OCH3 is 1. The maximum atomic E-state index is 10.1. The van der Waals surface area contributed by atoms with Crippen LogP contribution in [0.4, 0.5) is 0 Å². The lowest BCUT2D eigenvalue weighted by Crippen LogP contribution is -2.30. The number of hydrazone groups is 1. The first-order valence-electron chi connectivity index (χ1n) is 10.0. The summed E-state index contributed by atoms with van der Waals surface area (Å²) in [6.45, 7) is 1.94. The molecule has 4 aromatic rings. The molecule has 2 N–H and O–H groups in total. The number of aryl methyl sites for hydroxylation is 1. The lowest BCUT2D eigenvalue weighted by Gasteiger charge is -2.19. The number of ether oxygens (including phenoxy) is 1. The molecule has 5 rings (SSSR count). The maximum absolute atomic E-state index is 10.1. The third-order valence-corrected chi connectivity index (χ3v) is 5.12. The number of nitrogens with zero attached hydrogens (tertiary/aromatic N) is 6. The summed E-state index contributed by atoms with van der Waals surface area (Å²) in [5, 5.41) is 23.0. The summed E-state index contributed by atoms with van der Waals surface area (Å²) in [5.74, 6) is 0.692. The van der Waals surface area contributed by atoms with E-state index in [2.05, 4.69) is 25.8 Å². The SMILES string of the molecule is COc1cc(-c2cn(C3=CC(O)NN=C3c3ccccc3)nn2)ccc1-n1cnc(C)c1. The van der Waals surface area contributed by atoms with Crippen LogP contribution in [0, 0.1) is 6.92 Å². The fraction of sp³-hybridized carbons (Fsp3) is 0.130. The minimum absolute atomic E-state index is 0.638. The van der Waals surface area contributed by atoms with Crippen molar-refractivity contribution in [3.63, 3.8) is 0 Å². The van der Waals surface area contributed by atoms with E-state index in [1.807, 2.05) is 66.2 Å². The number of hydrogen-bond donors (Lipinski definition) is 2. The van der Waals surface area contributed by atoms with Gasteiger partial charge in [-0.3, -0.25) is 5.43 Å².